The Morgan fingerprint density at radius 3 is 2.71 bits per heavy atom. The highest BCUT2D eigenvalue weighted by Crippen LogP contribution is 2.15. The molecule has 6 nitrogen and oxygen atoms in total. The van der Waals surface area contributed by atoms with E-state index in [2.05, 4.69) is 10.5 Å². The molecule has 0 radical (unpaired) electrons. The van der Waals surface area contributed by atoms with E-state index in [0.717, 1.165) is 12.1 Å². The van der Waals surface area contributed by atoms with Crippen LogP contribution in [0.1, 0.15) is 13.8 Å². The summed E-state index contributed by atoms with van der Waals surface area (Å²) >= 11 is 0. The second-order valence-electron chi connectivity index (χ2n) is 4.52. The van der Waals surface area contributed by atoms with Crippen molar-refractivity contribution in [2.24, 2.45) is 16.8 Å². The van der Waals surface area contributed by atoms with E-state index in [-0.39, 0.29) is 24.0 Å². The van der Waals surface area contributed by atoms with Gasteiger partial charge in [-0.15, -0.1) is 0 Å². The molecule has 0 spiro atoms. The number of carbonyl (C=O) groups is 1. The van der Waals surface area contributed by atoms with Crippen molar-refractivity contribution in [2.45, 2.75) is 13.8 Å². The molecular weight excluding hydrogens is 282 g/mol. The Morgan fingerprint density at radius 1 is 1.52 bits per heavy atom. The van der Waals surface area contributed by atoms with E-state index >= 15 is 0 Å². The SMILES string of the molecule is CCN(CC(C)C(N)=NO)C(=O)Nc1ccc(F)cc1F. The first-order valence-corrected chi connectivity index (χ1v) is 6.37. The summed E-state index contributed by atoms with van der Waals surface area (Å²) in [6.45, 7) is 3.96. The van der Waals surface area contributed by atoms with Crippen LogP contribution < -0.4 is 11.1 Å². The van der Waals surface area contributed by atoms with Gasteiger partial charge in [-0.2, -0.15) is 0 Å². The highest BCUT2D eigenvalue weighted by molar-refractivity contribution is 5.90. The standard InChI is InChI=1S/C13H18F2N4O2/c1-3-19(7-8(2)12(16)18-21)13(20)17-11-5-4-9(14)6-10(11)15/h4-6,8,21H,3,7H2,1-2H3,(H2,16,18)(H,17,20). The summed E-state index contributed by atoms with van der Waals surface area (Å²) in [4.78, 5) is 13.4. The quantitative estimate of drug-likeness (QED) is 0.337. The number of oxime groups is 1. The Labute approximate surface area is 121 Å². The number of hydrogen-bond donors (Lipinski definition) is 3. The van der Waals surface area contributed by atoms with Crippen molar-refractivity contribution in [3.05, 3.63) is 29.8 Å². The molecule has 1 unspecified atom stereocenters. The first-order chi connectivity index (χ1) is 9.88. The van der Waals surface area contributed by atoms with Gasteiger partial charge in [-0.3, -0.25) is 0 Å². The molecule has 4 N–H and O–H groups in total. The van der Waals surface area contributed by atoms with E-state index in [1.807, 2.05) is 0 Å². The van der Waals surface area contributed by atoms with Gasteiger partial charge in [0, 0.05) is 25.1 Å². The zero-order valence-electron chi connectivity index (χ0n) is 11.8. The number of nitrogens with zero attached hydrogens (tertiary/aromatic N) is 2. The highest BCUT2D eigenvalue weighted by atomic mass is 19.1. The zero-order valence-corrected chi connectivity index (χ0v) is 11.8. The molecule has 0 saturated carbocycles. The van der Waals surface area contributed by atoms with Crippen molar-refractivity contribution >= 4 is 17.6 Å². The van der Waals surface area contributed by atoms with E-state index < -0.39 is 17.7 Å². The number of anilines is 1. The lowest BCUT2D eigenvalue weighted by molar-refractivity contribution is 0.210. The topological polar surface area (TPSA) is 90.9 Å². The summed E-state index contributed by atoms with van der Waals surface area (Å²) in [5.41, 5.74) is 5.34. The Hall–Kier alpha value is -2.38. The predicted octanol–water partition coefficient (Wildman–Crippen LogP) is 2.20. The molecule has 0 aliphatic heterocycles. The van der Waals surface area contributed by atoms with Crippen LogP contribution in [0, 0.1) is 17.6 Å². The minimum Gasteiger partial charge on any atom is -0.409 e. The van der Waals surface area contributed by atoms with Crippen LogP contribution in [0.4, 0.5) is 19.3 Å². The number of nitrogens with one attached hydrogen (secondary N) is 1. The van der Waals surface area contributed by atoms with Gasteiger partial charge in [0.2, 0.25) is 0 Å². The van der Waals surface area contributed by atoms with E-state index in [0.29, 0.717) is 12.6 Å². The summed E-state index contributed by atoms with van der Waals surface area (Å²) in [6, 6.07) is 2.32. The van der Waals surface area contributed by atoms with Gasteiger partial charge in [0.25, 0.3) is 0 Å². The molecule has 8 heteroatoms. The number of urea groups is 1. The van der Waals surface area contributed by atoms with Gasteiger partial charge in [0.15, 0.2) is 0 Å². The molecule has 1 rings (SSSR count). The van der Waals surface area contributed by atoms with Crippen molar-refractivity contribution in [1.29, 1.82) is 0 Å². The Bertz CT molecular complexity index is 537. The third-order valence-corrected chi connectivity index (χ3v) is 2.96. The maximum Gasteiger partial charge on any atom is 0.321 e. The lowest BCUT2D eigenvalue weighted by Gasteiger charge is -2.24. The minimum atomic E-state index is -0.858. The first-order valence-electron chi connectivity index (χ1n) is 6.37. The Kier molecular flexibility index (Phi) is 5.89. The molecule has 0 saturated heterocycles. The number of rotatable bonds is 5. The van der Waals surface area contributed by atoms with Crippen LogP contribution in [-0.4, -0.2) is 35.1 Å². The molecule has 0 aliphatic rings. The van der Waals surface area contributed by atoms with E-state index in [1.54, 1.807) is 13.8 Å². The average molecular weight is 300 g/mol. The number of amidine groups is 1. The van der Waals surface area contributed by atoms with Crippen molar-refractivity contribution in [2.75, 3.05) is 18.4 Å². The Morgan fingerprint density at radius 2 is 2.19 bits per heavy atom. The smallest absolute Gasteiger partial charge is 0.321 e. The van der Waals surface area contributed by atoms with Gasteiger partial charge in [-0.1, -0.05) is 12.1 Å². The fourth-order valence-corrected chi connectivity index (χ4v) is 1.66. The summed E-state index contributed by atoms with van der Waals surface area (Å²) in [6.07, 6.45) is 0. The number of hydrogen-bond acceptors (Lipinski definition) is 3. The molecule has 21 heavy (non-hydrogen) atoms. The second kappa shape index (κ2) is 7.41. The lowest BCUT2D eigenvalue weighted by Crippen LogP contribution is -2.41. The summed E-state index contributed by atoms with van der Waals surface area (Å²) in [5, 5.41) is 13.8. The van der Waals surface area contributed by atoms with Gasteiger partial charge in [-0.05, 0) is 19.1 Å². The molecule has 0 aromatic heterocycles. The monoisotopic (exact) mass is 300 g/mol. The third kappa shape index (κ3) is 4.59. The Balaban J connectivity index is 2.75. The van der Waals surface area contributed by atoms with Crippen LogP contribution in [0.5, 0.6) is 0 Å². The first kappa shape index (κ1) is 16.7. The van der Waals surface area contributed by atoms with Gasteiger partial charge in [0.05, 0.1) is 5.69 Å². The minimum absolute atomic E-state index is 0.00536. The van der Waals surface area contributed by atoms with Crippen LogP contribution in [-0.2, 0) is 0 Å². The maximum absolute atomic E-state index is 13.5. The second-order valence-corrected chi connectivity index (χ2v) is 4.52. The fraction of sp³-hybridized carbons (Fsp3) is 0.385. The summed E-state index contributed by atoms with van der Waals surface area (Å²) in [7, 11) is 0. The van der Waals surface area contributed by atoms with Crippen LogP contribution in [0.3, 0.4) is 0 Å². The number of carbonyl (C=O) groups excluding carboxylic acids is 1. The fourth-order valence-electron chi connectivity index (χ4n) is 1.66. The number of halogens is 2. The molecule has 0 bridgehead atoms. The summed E-state index contributed by atoms with van der Waals surface area (Å²) < 4.78 is 26.3. The van der Waals surface area contributed by atoms with Crippen molar-refractivity contribution < 1.29 is 18.8 Å². The van der Waals surface area contributed by atoms with E-state index in [9.17, 15) is 13.6 Å². The van der Waals surface area contributed by atoms with Crippen molar-refractivity contribution in [3.8, 4) is 0 Å². The molecule has 1 atom stereocenters. The molecule has 0 heterocycles. The summed E-state index contributed by atoms with van der Waals surface area (Å²) in [5.74, 6) is -1.95. The number of benzene rings is 1. The van der Waals surface area contributed by atoms with Crippen molar-refractivity contribution in [1.82, 2.24) is 4.90 Å². The van der Waals surface area contributed by atoms with Gasteiger partial charge < -0.3 is 21.2 Å². The van der Waals surface area contributed by atoms with Gasteiger partial charge in [0.1, 0.15) is 17.5 Å². The lowest BCUT2D eigenvalue weighted by atomic mass is 10.1. The van der Waals surface area contributed by atoms with Gasteiger partial charge >= 0.3 is 6.03 Å². The number of nitrogens with two attached hydrogens (primary N) is 1. The highest BCUT2D eigenvalue weighted by Gasteiger charge is 2.18. The van der Waals surface area contributed by atoms with Crippen LogP contribution >= 0.6 is 0 Å². The molecular formula is C13H18F2N4O2. The van der Waals surface area contributed by atoms with E-state index in [1.165, 1.54) is 4.90 Å². The average Bonchev–Trinajstić information content (AvgIpc) is 2.46. The predicted molar refractivity (Wildman–Crippen MR) is 75.2 cm³/mol. The molecule has 116 valence electrons. The third-order valence-electron chi connectivity index (χ3n) is 2.96. The maximum atomic E-state index is 13.5. The van der Waals surface area contributed by atoms with Gasteiger partial charge in [-0.25, -0.2) is 13.6 Å². The number of amides is 2. The largest absolute Gasteiger partial charge is 0.409 e. The molecule has 2 amide bonds. The molecule has 0 fully saturated rings. The molecule has 1 aromatic carbocycles. The van der Waals surface area contributed by atoms with Crippen LogP contribution in [0.25, 0.3) is 0 Å². The van der Waals surface area contributed by atoms with Crippen LogP contribution in [0.15, 0.2) is 23.4 Å². The van der Waals surface area contributed by atoms with Crippen molar-refractivity contribution in [3.63, 3.8) is 0 Å². The van der Waals surface area contributed by atoms with Crippen LogP contribution in [0.2, 0.25) is 0 Å². The molecule has 0 aliphatic carbocycles. The normalized spacial score (nSPS) is 12.9. The molecule has 1 aromatic rings. The zero-order chi connectivity index (χ0) is 16.0. The van der Waals surface area contributed by atoms with E-state index in [4.69, 9.17) is 10.9 Å².